The molecule has 0 radical (unpaired) electrons. The number of amides is 1. The number of aryl methyl sites for hydroxylation is 1. The van der Waals surface area contributed by atoms with Crippen LogP contribution in [0.15, 0.2) is 24.5 Å². The number of aromatic nitrogens is 2. The van der Waals surface area contributed by atoms with Gasteiger partial charge in [0.05, 0.1) is 11.3 Å². The molecule has 10 heteroatoms. The first-order valence-corrected chi connectivity index (χ1v) is 16.9. The van der Waals surface area contributed by atoms with Gasteiger partial charge in [0.2, 0.25) is 0 Å². The summed E-state index contributed by atoms with van der Waals surface area (Å²) >= 11 is 1.95. The van der Waals surface area contributed by atoms with Crippen LogP contribution in [0.5, 0.6) is 5.75 Å². The van der Waals surface area contributed by atoms with E-state index in [1.54, 1.807) is 11.2 Å². The number of hydrogen-bond acceptors (Lipinski definition) is 9. The summed E-state index contributed by atoms with van der Waals surface area (Å²) in [6, 6.07) is 6.08. The van der Waals surface area contributed by atoms with Gasteiger partial charge in [-0.3, -0.25) is 4.90 Å². The van der Waals surface area contributed by atoms with Crippen molar-refractivity contribution in [1.29, 1.82) is 0 Å². The quantitative estimate of drug-likeness (QED) is 0.432. The molecule has 2 aromatic rings. The number of ether oxygens (including phenoxy) is 2. The normalized spacial score (nSPS) is 26.2. The van der Waals surface area contributed by atoms with Gasteiger partial charge in [0.1, 0.15) is 29.6 Å². The van der Waals surface area contributed by atoms with Crippen molar-refractivity contribution in [3.05, 3.63) is 41.2 Å². The van der Waals surface area contributed by atoms with Crippen molar-refractivity contribution in [2.45, 2.75) is 83.7 Å². The van der Waals surface area contributed by atoms with E-state index in [0.29, 0.717) is 35.4 Å². The Hall–Kier alpha value is -2.82. The zero-order valence-electron chi connectivity index (χ0n) is 26.3. The molecule has 7 rings (SSSR count). The van der Waals surface area contributed by atoms with Crippen molar-refractivity contribution >= 4 is 40.8 Å². The molecule has 5 aliphatic heterocycles. The molecule has 2 unspecified atom stereocenters. The molecule has 3 fully saturated rings. The van der Waals surface area contributed by atoms with E-state index in [1.165, 1.54) is 18.4 Å². The molecule has 3 saturated heterocycles. The molecule has 0 N–H and O–H groups in total. The van der Waals surface area contributed by atoms with Crippen LogP contribution in [0.3, 0.4) is 0 Å². The molecule has 0 aliphatic carbocycles. The number of anilines is 3. The fourth-order valence-corrected chi connectivity index (χ4v) is 8.45. The number of carbonyl (C=O) groups is 1. The highest BCUT2D eigenvalue weighted by Crippen LogP contribution is 2.49. The lowest BCUT2D eigenvalue weighted by Gasteiger charge is -2.48. The number of fused-ring (bicyclic) bond motifs is 4. The van der Waals surface area contributed by atoms with Crippen LogP contribution in [-0.4, -0.2) is 94.3 Å². The average molecular weight is 605 g/mol. The molecular formula is C33H44N6O3S. The van der Waals surface area contributed by atoms with Gasteiger partial charge in [-0.1, -0.05) is 6.08 Å². The standard InChI is InChI=1S/C33H44N6O3S/c1-20-13-22(23-14-24-7-8-25(15-23)38(24)26-17-36(6)18-26)16-27-29(20)41-21(2)28-30(37-9-11-43-12-10-37)34-19-35-31(28)39(27)32(40)42-33(3,4)5/h13-14,16,19,21,24-26H,7-12,15,17-18H2,1-6H3/t21-,24?,25?/m1/s1. The molecule has 230 valence electrons. The number of hydrogen-bond donors (Lipinski definition) is 0. The number of likely N-dealkylation sites (tertiary alicyclic amines) is 1. The number of rotatable bonds is 3. The van der Waals surface area contributed by atoms with Gasteiger partial charge in [-0.15, -0.1) is 0 Å². The number of nitrogens with zero attached hydrogens (tertiary/aromatic N) is 6. The Balaban J connectivity index is 1.33. The Bertz CT molecular complexity index is 1440. The first-order chi connectivity index (χ1) is 20.6. The summed E-state index contributed by atoms with van der Waals surface area (Å²) in [5, 5.41) is 0. The maximum absolute atomic E-state index is 14.1. The van der Waals surface area contributed by atoms with Crippen LogP contribution < -0.4 is 14.5 Å². The minimum absolute atomic E-state index is 0.351. The second-order valence-electron chi connectivity index (χ2n) is 13.8. The van der Waals surface area contributed by atoms with Gasteiger partial charge in [0, 0.05) is 55.8 Å². The van der Waals surface area contributed by atoms with Crippen LogP contribution in [0.2, 0.25) is 0 Å². The van der Waals surface area contributed by atoms with Crippen molar-refractivity contribution in [2.75, 3.05) is 54.5 Å². The minimum Gasteiger partial charge on any atom is -0.483 e. The molecule has 9 nitrogen and oxygen atoms in total. The molecule has 2 bridgehead atoms. The second-order valence-corrected chi connectivity index (χ2v) is 15.0. The Morgan fingerprint density at radius 3 is 2.51 bits per heavy atom. The van der Waals surface area contributed by atoms with Crippen LogP contribution in [-0.2, 0) is 4.74 Å². The van der Waals surface area contributed by atoms with Crippen molar-refractivity contribution in [1.82, 2.24) is 19.8 Å². The highest BCUT2D eigenvalue weighted by molar-refractivity contribution is 7.99. The molecule has 1 aromatic carbocycles. The highest BCUT2D eigenvalue weighted by Gasteiger charge is 2.44. The molecule has 5 aliphatic rings. The smallest absolute Gasteiger partial charge is 0.420 e. The number of thioether (sulfide) groups is 1. The Labute approximate surface area is 259 Å². The maximum atomic E-state index is 14.1. The molecule has 1 aromatic heterocycles. The van der Waals surface area contributed by atoms with Gasteiger partial charge in [-0.2, -0.15) is 11.8 Å². The van der Waals surface area contributed by atoms with E-state index < -0.39 is 11.7 Å². The van der Waals surface area contributed by atoms with Crippen molar-refractivity contribution in [3.63, 3.8) is 0 Å². The Kier molecular flexibility index (Phi) is 7.37. The molecule has 43 heavy (non-hydrogen) atoms. The van der Waals surface area contributed by atoms with E-state index in [2.05, 4.69) is 46.9 Å². The van der Waals surface area contributed by atoms with E-state index in [9.17, 15) is 4.79 Å². The highest BCUT2D eigenvalue weighted by atomic mass is 32.2. The van der Waals surface area contributed by atoms with E-state index in [4.69, 9.17) is 19.4 Å². The van der Waals surface area contributed by atoms with Gasteiger partial charge < -0.3 is 19.3 Å². The Morgan fingerprint density at radius 2 is 1.81 bits per heavy atom. The number of carbonyl (C=O) groups excluding carboxylic acids is 1. The van der Waals surface area contributed by atoms with Crippen molar-refractivity contribution in [2.24, 2.45) is 0 Å². The van der Waals surface area contributed by atoms with Gasteiger partial charge in [-0.25, -0.2) is 19.7 Å². The lowest BCUT2D eigenvalue weighted by molar-refractivity contribution is 0.0270. The van der Waals surface area contributed by atoms with E-state index in [0.717, 1.165) is 66.6 Å². The Morgan fingerprint density at radius 1 is 1.07 bits per heavy atom. The van der Waals surface area contributed by atoms with Crippen LogP contribution in [0.25, 0.3) is 5.57 Å². The third-order valence-corrected chi connectivity index (χ3v) is 10.4. The number of benzene rings is 1. The molecule has 3 atom stereocenters. The predicted molar refractivity (Wildman–Crippen MR) is 173 cm³/mol. The van der Waals surface area contributed by atoms with E-state index in [1.807, 2.05) is 39.5 Å². The largest absolute Gasteiger partial charge is 0.483 e. The lowest BCUT2D eigenvalue weighted by Crippen LogP contribution is -2.61. The van der Waals surface area contributed by atoms with Crippen LogP contribution in [0.4, 0.5) is 22.1 Å². The van der Waals surface area contributed by atoms with Crippen LogP contribution in [0, 0.1) is 6.92 Å². The van der Waals surface area contributed by atoms with Crippen molar-refractivity contribution < 1.29 is 14.3 Å². The van der Waals surface area contributed by atoms with Gasteiger partial charge >= 0.3 is 6.09 Å². The van der Waals surface area contributed by atoms with Crippen LogP contribution in [0.1, 0.15) is 69.8 Å². The summed E-state index contributed by atoms with van der Waals surface area (Å²) in [5.41, 5.74) is 4.35. The maximum Gasteiger partial charge on any atom is 0.420 e. The minimum atomic E-state index is -0.674. The monoisotopic (exact) mass is 604 g/mol. The zero-order valence-corrected chi connectivity index (χ0v) is 27.1. The molecule has 0 saturated carbocycles. The fraction of sp³-hybridized carbons (Fsp3) is 0.606. The van der Waals surface area contributed by atoms with Crippen LogP contribution >= 0.6 is 11.8 Å². The van der Waals surface area contributed by atoms with Crippen molar-refractivity contribution in [3.8, 4) is 5.75 Å². The first kappa shape index (κ1) is 28.9. The van der Waals surface area contributed by atoms with E-state index in [-0.39, 0.29) is 6.10 Å². The number of likely N-dealkylation sites (N-methyl/N-ethyl adjacent to an activating group) is 1. The van der Waals surface area contributed by atoms with Gasteiger partial charge in [0.25, 0.3) is 0 Å². The zero-order chi connectivity index (χ0) is 30.0. The third kappa shape index (κ3) is 5.29. The fourth-order valence-electron chi connectivity index (χ4n) is 7.55. The van der Waals surface area contributed by atoms with Gasteiger partial charge in [0.15, 0.2) is 5.82 Å². The SMILES string of the molecule is Cc1cc(C2=CC3CCC(C2)N3C2CN(C)C2)cc2c1O[C@H](C)c1c(N3CCSCC3)ncnc1N2C(=O)OC(C)(C)C. The predicted octanol–water partition coefficient (Wildman–Crippen LogP) is 5.80. The molecular weight excluding hydrogens is 560 g/mol. The third-order valence-electron chi connectivity index (χ3n) is 9.42. The molecule has 1 amide bonds. The topological polar surface area (TPSA) is 74.3 Å². The second kappa shape index (κ2) is 11.0. The lowest BCUT2D eigenvalue weighted by atomic mass is 9.91. The summed E-state index contributed by atoms with van der Waals surface area (Å²) < 4.78 is 12.8. The summed E-state index contributed by atoms with van der Waals surface area (Å²) in [4.78, 5) is 32.7. The van der Waals surface area contributed by atoms with Gasteiger partial charge in [-0.05, 0) is 89.8 Å². The summed E-state index contributed by atoms with van der Waals surface area (Å²) in [6.07, 6.45) is 6.73. The summed E-state index contributed by atoms with van der Waals surface area (Å²) in [5.74, 6) is 4.15. The summed E-state index contributed by atoms with van der Waals surface area (Å²) in [7, 11) is 2.21. The van der Waals surface area contributed by atoms with E-state index >= 15 is 0 Å². The average Bonchev–Trinajstić information content (AvgIpc) is 3.11. The molecule has 0 spiro atoms. The first-order valence-electron chi connectivity index (χ1n) is 15.8. The summed E-state index contributed by atoms with van der Waals surface area (Å²) in [6.45, 7) is 13.9. The molecule has 6 heterocycles.